The highest BCUT2D eigenvalue weighted by Crippen LogP contribution is 2.08. The van der Waals surface area contributed by atoms with E-state index in [-0.39, 0.29) is 5.75 Å². The third-order valence-corrected chi connectivity index (χ3v) is 4.52. The molecule has 0 atom stereocenters. The van der Waals surface area contributed by atoms with E-state index in [0.29, 0.717) is 19.5 Å². The molecule has 0 aliphatic heterocycles. The van der Waals surface area contributed by atoms with Crippen molar-refractivity contribution in [3.05, 3.63) is 71.3 Å². The Hall–Kier alpha value is -1.69. The van der Waals surface area contributed by atoms with Crippen LogP contribution in [0, 0.1) is 0 Å². The first-order chi connectivity index (χ1) is 10.1. The van der Waals surface area contributed by atoms with Crippen molar-refractivity contribution in [2.45, 2.75) is 18.7 Å². The van der Waals surface area contributed by atoms with E-state index in [2.05, 4.69) is 4.72 Å². The van der Waals surface area contributed by atoms with Gasteiger partial charge in [-0.05, 0) is 23.1 Å². The van der Waals surface area contributed by atoms with Crippen molar-refractivity contribution >= 4 is 10.0 Å². The Labute approximate surface area is 126 Å². The number of benzene rings is 2. The minimum Gasteiger partial charge on any atom is -0.326 e. The average Bonchev–Trinajstić information content (AvgIpc) is 2.48. The summed E-state index contributed by atoms with van der Waals surface area (Å²) in [5.41, 5.74) is 8.37. The maximum atomic E-state index is 12.0. The first kappa shape index (κ1) is 15.7. The van der Waals surface area contributed by atoms with E-state index in [1.165, 1.54) is 0 Å². The molecule has 21 heavy (non-hydrogen) atoms. The van der Waals surface area contributed by atoms with Gasteiger partial charge in [-0.15, -0.1) is 0 Å². The Kier molecular flexibility index (Phi) is 5.50. The number of hydrogen-bond donors (Lipinski definition) is 2. The van der Waals surface area contributed by atoms with Crippen LogP contribution in [0.2, 0.25) is 0 Å². The van der Waals surface area contributed by atoms with E-state index < -0.39 is 10.0 Å². The van der Waals surface area contributed by atoms with Gasteiger partial charge in [0.1, 0.15) is 0 Å². The van der Waals surface area contributed by atoms with Gasteiger partial charge in [0.25, 0.3) is 0 Å². The van der Waals surface area contributed by atoms with Gasteiger partial charge in [-0.1, -0.05) is 54.6 Å². The predicted molar refractivity (Wildman–Crippen MR) is 85.1 cm³/mol. The average molecular weight is 304 g/mol. The molecule has 0 fully saturated rings. The van der Waals surface area contributed by atoms with Crippen molar-refractivity contribution in [1.82, 2.24) is 4.72 Å². The Morgan fingerprint density at radius 3 is 2.29 bits per heavy atom. The lowest BCUT2D eigenvalue weighted by atomic mass is 10.1. The van der Waals surface area contributed by atoms with Crippen LogP contribution < -0.4 is 10.5 Å². The van der Waals surface area contributed by atoms with Crippen molar-refractivity contribution in [1.29, 1.82) is 0 Å². The van der Waals surface area contributed by atoms with Gasteiger partial charge in [0.05, 0.1) is 5.75 Å². The van der Waals surface area contributed by atoms with E-state index >= 15 is 0 Å². The summed E-state index contributed by atoms with van der Waals surface area (Å²) in [5, 5.41) is 0. The zero-order valence-electron chi connectivity index (χ0n) is 11.8. The number of rotatable bonds is 7. The van der Waals surface area contributed by atoms with E-state index in [9.17, 15) is 8.42 Å². The Morgan fingerprint density at radius 1 is 0.905 bits per heavy atom. The molecule has 0 saturated heterocycles. The molecule has 3 N–H and O–H groups in total. The summed E-state index contributed by atoms with van der Waals surface area (Å²) in [4.78, 5) is 0. The largest absolute Gasteiger partial charge is 0.326 e. The molecular weight excluding hydrogens is 284 g/mol. The fraction of sp³-hybridized carbons (Fsp3) is 0.250. The molecule has 2 aromatic carbocycles. The molecule has 0 aromatic heterocycles. The predicted octanol–water partition coefficient (Wildman–Crippen LogP) is 1.81. The van der Waals surface area contributed by atoms with Gasteiger partial charge < -0.3 is 5.73 Å². The van der Waals surface area contributed by atoms with Gasteiger partial charge in [-0.2, -0.15) is 0 Å². The summed E-state index contributed by atoms with van der Waals surface area (Å²) in [7, 11) is -3.32. The fourth-order valence-electron chi connectivity index (χ4n) is 2.11. The van der Waals surface area contributed by atoms with E-state index in [1.54, 1.807) is 6.07 Å². The van der Waals surface area contributed by atoms with Gasteiger partial charge >= 0.3 is 0 Å². The summed E-state index contributed by atoms with van der Waals surface area (Å²) in [6.07, 6.45) is 0.683. The molecule has 4 nitrogen and oxygen atoms in total. The van der Waals surface area contributed by atoms with Crippen molar-refractivity contribution in [3.63, 3.8) is 0 Å². The lowest BCUT2D eigenvalue weighted by molar-refractivity contribution is 0.581. The number of nitrogens with one attached hydrogen (secondary N) is 1. The summed E-state index contributed by atoms with van der Waals surface area (Å²) in [5.74, 6) is -0.0182. The monoisotopic (exact) mass is 304 g/mol. The van der Waals surface area contributed by atoms with Crippen LogP contribution >= 0.6 is 0 Å². The van der Waals surface area contributed by atoms with Gasteiger partial charge in [0, 0.05) is 13.1 Å². The first-order valence-corrected chi connectivity index (χ1v) is 8.53. The molecule has 0 aliphatic carbocycles. The zero-order chi connectivity index (χ0) is 15.1. The van der Waals surface area contributed by atoms with Crippen LogP contribution in [0.1, 0.15) is 16.7 Å². The van der Waals surface area contributed by atoms with Gasteiger partial charge in [-0.25, -0.2) is 13.1 Å². The van der Waals surface area contributed by atoms with Crippen LogP contribution in [0.3, 0.4) is 0 Å². The lowest BCUT2D eigenvalue weighted by Gasteiger charge is -2.08. The molecule has 2 aromatic rings. The fourth-order valence-corrected chi connectivity index (χ4v) is 3.25. The molecular formula is C16H20N2O2S. The second-order valence-corrected chi connectivity index (χ2v) is 6.72. The van der Waals surface area contributed by atoms with Crippen LogP contribution in [0.15, 0.2) is 54.6 Å². The minimum atomic E-state index is -3.32. The third kappa shape index (κ3) is 5.30. The van der Waals surface area contributed by atoms with Crippen molar-refractivity contribution in [2.75, 3.05) is 6.54 Å². The first-order valence-electron chi connectivity index (χ1n) is 6.88. The number of hydrogen-bond acceptors (Lipinski definition) is 3. The van der Waals surface area contributed by atoms with Crippen LogP contribution in [-0.4, -0.2) is 15.0 Å². The lowest BCUT2D eigenvalue weighted by Crippen LogP contribution is -2.27. The molecule has 0 bridgehead atoms. The van der Waals surface area contributed by atoms with Crippen LogP contribution in [0.5, 0.6) is 0 Å². The summed E-state index contributed by atoms with van der Waals surface area (Å²) in [6.45, 7) is 0.818. The Balaban J connectivity index is 1.89. The summed E-state index contributed by atoms with van der Waals surface area (Å²) >= 11 is 0. The third-order valence-electron chi connectivity index (χ3n) is 3.16. The molecule has 0 unspecified atom stereocenters. The van der Waals surface area contributed by atoms with Gasteiger partial charge in [-0.3, -0.25) is 0 Å². The van der Waals surface area contributed by atoms with Crippen molar-refractivity contribution in [2.24, 2.45) is 5.73 Å². The van der Waals surface area contributed by atoms with E-state index in [0.717, 1.165) is 16.7 Å². The molecule has 112 valence electrons. The van der Waals surface area contributed by atoms with Crippen molar-refractivity contribution in [3.8, 4) is 0 Å². The second-order valence-electron chi connectivity index (χ2n) is 4.91. The SMILES string of the molecule is NCc1cccc(CS(=O)(=O)NCCc2ccccc2)c1. The molecule has 0 saturated carbocycles. The standard InChI is InChI=1S/C16H20N2O2S/c17-12-15-7-4-8-16(11-15)13-21(19,20)18-10-9-14-5-2-1-3-6-14/h1-8,11,18H,9-10,12-13,17H2. The highest BCUT2D eigenvalue weighted by atomic mass is 32.2. The van der Waals surface area contributed by atoms with Gasteiger partial charge in [0.15, 0.2) is 0 Å². The highest BCUT2D eigenvalue weighted by Gasteiger charge is 2.11. The summed E-state index contributed by atoms with van der Waals surface area (Å²) in [6, 6.07) is 17.2. The molecule has 0 radical (unpaired) electrons. The molecule has 0 aliphatic rings. The Bertz CT molecular complexity index is 670. The van der Waals surface area contributed by atoms with Crippen LogP contribution in [0.4, 0.5) is 0 Å². The minimum absolute atomic E-state index is 0.0182. The Morgan fingerprint density at radius 2 is 1.57 bits per heavy atom. The zero-order valence-corrected chi connectivity index (χ0v) is 12.6. The smallest absolute Gasteiger partial charge is 0.215 e. The molecule has 0 heterocycles. The van der Waals surface area contributed by atoms with Crippen LogP contribution in [-0.2, 0) is 28.7 Å². The van der Waals surface area contributed by atoms with Crippen LogP contribution in [0.25, 0.3) is 0 Å². The van der Waals surface area contributed by atoms with E-state index in [1.807, 2.05) is 48.5 Å². The maximum Gasteiger partial charge on any atom is 0.215 e. The number of nitrogens with two attached hydrogens (primary N) is 1. The van der Waals surface area contributed by atoms with E-state index in [4.69, 9.17) is 5.73 Å². The molecule has 5 heteroatoms. The maximum absolute atomic E-state index is 12.0. The quantitative estimate of drug-likeness (QED) is 0.819. The van der Waals surface area contributed by atoms with Crippen molar-refractivity contribution < 1.29 is 8.42 Å². The molecule has 0 spiro atoms. The second kappa shape index (κ2) is 7.36. The molecule has 2 rings (SSSR count). The molecule has 0 amide bonds. The summed E-state index contributed by atoms with van der Waals surface area (Å²) < 4.78 is 26.7. The normalized spacial score (nSPS) is 11.5. The highest BCUT2D eigenvalue weighted by molar-refractivity contribution is 7.88. The topological polar surface area (TPSA) is 72.2 Å². The number of sulfonamides is 1. The van der Waals surface area contributed by atoms with Gasteiger partial charge in [0.2, 0.25) is 10.0 Å².